The standard InChI is InChI=1S/C18H28N2O/c1-14-7-8-16(15(2)13-14)19-17-5-3-4-6-18(17)20-9-11-21-12-10-20/h3-6,14-16,19H,7-13H2,1-2H3. The van der Waals surface area contributed by atoms with Crippen molar-refractivity contribution in [2.24, 2.45) is 11.8 Å². The molecular formula is C18H28N2O. The molecule has 3 heteroatoms. The molecule has 3 atom stereocenters. The lowest BCUT2D eigenvalue weighted by Crippen LogP contribution is -2.38. The van der Waals surface area contributed by atoms with Crippen molar-refractivity contribution in [2.75, 3.05) is 36.5 Å². The van der Waals surface area contributed by atoms with Crippen molar-refractivity contribution >= 4 is 11.4 Å². The van der Waals surface area contributed by atoms with E-state index in [2.05, 4.69) is 48.3 Å². The molecule has 1 aliphatic carbocycles. The molecule has 0 bridgehead atoms. The Labute approximate surface area is 128 Å². The van der Waals surface area contributed by atoms with Crippen molar-refractivity contribution in [1.29, 1.82) is 0 Å². The van der Waals surface area contributed by atoms with Crippen LogP contribution in [-0.2, 0) is 4.74 Å². The van der Waals surface area contributed by atoms with Gasteiger partial charge in [0, 0.05) is 19.1 Å². The molecule has 1 aromatic carbocycles. The Balaban J connectivity index is 1.73. The van der Waals surface area contributed by atoms with Gasteiger partial charge in [-0.1, -0.05) is 26.0 Å². The number of nitrogens with one attached hydrogen (secondary N) is 1. The van der Waals surface area contributed by atoms with E-state index in [1.165, 1.54) is 30.6 Å². The zero-order chi connectivity index (χ0) is 14.7. The number of benzene rings is 1. The fourth-order valence-electron chi connectivity index (χ4n) is 3.76. The second kappa shape index (κ2) is 6.69. The Morgan fingerprint density at radius 1 is 1.10 bits per heavy atom. The number of rotatable bonds is 3. The van der Waals surface area contributed by atoms with Gasteiger partial charge in [0.15, 0.2) is 0 Å². The highest BCUT2D eigenvalue weighted by atomic mass is 16.5. The molecule has 0 amide bonds. The minimum atomic E-state index is 0.614. The second-order valence-corrected chi connectivity index (χ2v) is 6.76. The summed E-state index contributed by atoms with van der Waals surface area (Å²) in [7, 11) is 0. The van der Waals surface area contributed by atoms with E-state index in [0.717, 1.165) is 38.1 Å². The van der Waals surface area contributed by atoms with Crippen LogP contribution in [0.4, 0.5) is 11.4 Å². The molecule has 3 nitrogen and oxygen atoms in total. The topological polar surface area (TPSA) is 24.5 Å². The third-order valence-electron chi connectivity index (χ3n) is 5.03. The van der Waals surface area contributed by atoms with E-state index in [9.17, 15) is 0 Å². The summed E-state index contributed by atoms with van der Waals surface area (Å²) in [5.74, 6) is 1.64. The van der Waals surface area contributed by atoms with Crippen molar-refractivity contribution in [3.05, 3.63) is 24.3 Å². The first-order valence-corrected chi connectivity index (χ1v) is 8.42. The lowest BCUT2D eigenvalue weighted by atomic mass is 9.80. The highest BCUT2D eigenvalue weighted by molar-refractivity contribution is 5.70. The summed E-state index contributed by atoms with van der Waals surface area (Å²) in [4.78, 5) is 2.45. The number of hydrogen-bond acceptors (Lipinski definition) is 3. The van der Waals surface area contributed by atoms with Crippen molar-refractivity contribution < 1.29 is 4.74 Å². The molecule has 3 unspecified atom stereocenters. The zero-order valence-electron chi connectivity index (χ0n) is 13.3. The van der Waals surface area contributed by atoms with E-state index >= 15 is 0 Å². The van der Waals surface area contributed by atoms with Gasteiger partial charge >= 0.3 is 0 Å². The van der Waals surface area contributed by atoms with E-state index in [1.54, 1.807) is 0 Å². The maximum atomic E-state index is 5.48. The molecular weight excluding hydrogens is 260 g/mol. The number of morpholine rings is 1. The van der Waals surface area contributed by atoms with Gasteiger partial charge in [0.05, 0.1) is 24.6 Å². The number of hydrogen-bond donors (Lipinski definition) is 1. The summed E-state index contributed by atoms with van der Waals surface area (Å²) in [6.45, 7) is 8.45. The zero-order valence-corrected chi connectivity index (χ0v) is 13.3. The van der Waals surface area contributed by atoms with Gasteiger partial charge in [0.25, 0.3) is 0 Å². The highest BCUT2D eigenvalue weighted by Crippen LogP contribution is 2.33. The SMILES string of the molecule is CC1CCC(Nc2ccccc2N2CCOCC2)C(C)C1. The van der Waals surface area contributed by atoms with Crippen molar-refractivity contribution in [3.63, 3.8) is 0 Å². The molecule has 116 valence electrons. The molecule has 1 saturated heterocycles. The minimum absolute atomic E-state index is 0.614. The Kier molecular flexibility index (Phi) is 4.69. The third-order valence-corrected chi connectivity index (χ3v) is 5.03. The summed E-state index contributed by atoms with van der Waals surface area (Å²) < 4.78 is 5.48. The quantitative estimate of drug-likeness (QED) is 0.916. The Bertz CT molecular complexity index is 456. The average Bonchev–Trinajstić information content (AvgIpc) is 2.51. The van der Waals surface area contributed by atoms with Gasteiger partial charge in [0.2, 0.25) is 0 Å². The lowest BCUT2D eigenvalue weighted by Gasteiger charge is -2.36. The molecule has 2 aliphatic rings. The van der Waals surface area contributed by atoms with E-state index in [1.807, 2.05) is 0 Å². The fourth-order valence-corrected chi connectivity index (χ4v) is 3.76. The Morgan fingerprint density at radius 2 is 1.86 bits per heavy atom. The first-order valence-electron chi connectivity index (χ1n) is 8.42. The van der Waals surface area contributed by atoms with Crippen LogP contribution in [-0.4, -0.2) is 32.3 Å². The molecule has 1 aromatic rings. The van der Waals surface area contributed by atoms with Crippen LogP contribution in [0, 0.1) is 11.8 Å². The van der Waals surface area contributed by atoms with Crippen LogP contribution in [0.3, 0.4) is 0 Å². The monoisotopic (exact) mass is 288 g/mol. The number of anilines is 2. The first kappa shape index (κ1) is 14.7. The van der Waals surface area contributed by atoms with Gasteiger partial charge < -0.3 is 15.0 Å². The summed E-state index contributed by atoms with van der Waals surface area (Å²) in [6.07, 6.45) is 3.99. The molecule has 0 aromatic heterocycles. The third kappa shape index (κ3) is 3.52. The van der Waals surface area contributed by atoms with Gasteiger partial charge in [0.1, 0.15) is 0 Å². The minimum Gasteiger partial charge on any atom is -0.380 e. The smallest absolute Gasteiger partial charge is 0.0642 e. The molecule has 1 saturated carbocycles. The summed E-state index contributed by atoms with van der Waals surface area (Å²) in [6, 6.07) is 9.37. The van der Waals surface area contributed by atoms with Crippen molar-refractivity contribution in [3.8, 4) is 0 Å². The van der Waals surface area contributed by atoms with Crippen LogP contribution in [0.15, 0.2) is 24.3 Å². The maximum absolute atomic E-state index is 5.48. The predicted molar refractivity (Wildman–Crippen MR) is 89.1 cm³/mol. The van der Waals surface area contributed by atoms with Crippen LogP contribution in [0.2, 0.25) is 0 Å². The van der Waals surface area contributed by atoms with Crippen molar-refractivity contribution in [2.45, 2.75) is 39.2 Å². The molecule has 3 rings (SSSR count). The molecule has 0 radical (unpaired) electrons. The van der Waals surface area contributed by atoms with Gasteiger partial charge in [-0.2, -0.15) is 0 Å². The number of para-hydroxylation sites is 2. The van der Waals surface area contributed by atoms with Gasteiger partial charge in [-0.05, 0) is 43.2 Å². The summed E-state index contributed by atoms with van der Waals surface area (Å²) in [5.41, 5.74) is 2.64. The van der Waals surface area contributed by atoms with E-state index in [-0.39, 0.29) is 0 Å². The van der Waals surface area contributed by atoms with Gasteiger partial charge in [-0.15, -0.1) is 0 Å². The molecule has 1 heterocycles. The van der Waals surface area contributed by atoms with E-state index in [0.29, 0.717) is 6.04 Å². The van der Waals surface area contributed by atoms with Crippen molar-refractivity contribution in [1.82, 2.24) is 0 Å². The first-order chi connectivity index (χ1) is 10.2. The summed E-state index contributed by atoms with van der Waals surface area (Å²) in [5, 5.41) is 3.83. The van der Waals surface area contributed by atoms with Crippen LogP contribution in [0.1, 0.15) is 33.1 Å². The molecule has 2 fully saturated rings. The Morgan fingerprint density at radius 3 is 2.62 bits per heavy atom. The van der Waals surface area contributed by atoms with Crippen LogP contribution >= 0.6 is 0 Å². The van der Waals surface area contributed by atoms with E-state index in [4.69, 9.17) is 4.74 Å². The largest absolute Gasteiger partial charge is 0.380 e. The predicted octanol–water partition coefficient (Wildman–Crippen LogP) is 3.76. The van der Waals surface area contributed by atoms with Gasteiger partial charge in [-0.25, -0.2) is 0 Å². The second-order valence-electron chi connectivity index (χ2n) is 6.76. The van der Waals surface area contributed by atoms with E-state index < -0.39 is 0 Å². The maximum Gasteiger partial charge on any atom is 0.0642 e. The fraction of sp³-hybridized carbons (Fsp3) is 0.667. The highest BCUT2D eigenvalue weighted by Gasteiger charge is 2.26. The molecule has 1 aliphatic heterocycles. The molecule has 1 N–H and O–H groups in total. The average molecular weight is 288 g/mol. The summed E-state index contributed by atoms with van der Waals surface area (Å²) >= 11 is 0. The van der Waals surface area contributed by atoms with Crippen LogP contribution in [0.25, 0.3) is 0 Å². The number of ether oxygens (including phenoxy) is 1. The normalized spacial score (nSPS) is 30.2. The van der Waals surface area contributed by atoms with Crippen LogP contribution < -0.4 is 10.2 Å². The van der Waals surface area contributed by atoms with Gasteiger partial charge in [-0.3, -0.25) is 0 Å². The Hall–Kier alpha value is -1.22. The van der Waals surface area contributed by atoms with Crippen LogP contribution in [0.5, 0.6) is 0 Å². The lowest BCUT2D eigenvalue weighted by molar-refractivity contribution is 0.123. The number of nitrogens with zero attached hydrogens (tertiary/aromatic N) is 1. The molecule has 21 heavy (non-hydrogen) atoms. The molecule has 0 spiro atoms.